The molecule has 0 aliphatic heterocycles. The summed E-state index contributed by atoms with van der Waals surface area (Å²) in [6, 6.07) is 0. The van der Waals surface area contributed by atoms with Crippen molar-refractivity contribution < 1.29 is 4.52 Å². The first-order valence-electron chi connectivity index (χ1n) is 3.10. The van der Waals surface area contributed by atoms with Crippen molar-refractivity contribution in [2.75, 3.05) is 7.05 Å². The Morgan fingerprint density at radius 3 is 2.60 bits per heavy atom. The Hall–Kier alpha value is -1.12. The fourth-order valence-electron chi connectivity index (χ4n) is 0.803. The molecule has 0 atom stereocenters. The smallest absolute Gasteiger partial charge is 0.142 e. The predicted molar refractivity (Wildman–Crippen MR) is 39.5 cm³/mol. The van der Waals surface area contributed by atoms with Crippen LogP contribution in [-0.2, 0) is 0 Å². The lowest BCUT2D eigenvalue weighted by Crippen LogP contribution is -1.83. The molecule has 0 saturated carbocycles. The van der Waals surface area contributed by atoms with E-state index in [1.54, 1.807) is 13.3 Å². The van der Waals surface area contributed by atoms with Gasteiger partial charge in [0.05, 0.1) is 11.3 Å². The SMILES string of the molecule is CN=Cc1c(C)noc1C. The van der Waals surface area contributed by atoms with Crippen LogP contribution in [0.3, 0.4) is 0 Å². The molecule has 0 aromatic carbocycles. The lowest BCUT2D eigenvalue weighted by atomic mass is 10.2. The average molecular weight is 138 g/mol. The minimum absolute atomic E-state index is 0.822. The van der Waals surface area contributed by atoms with Crippen LogP contribution in [0.25, 0.3) is 0 Å². The van der Waals surface area contributed by atoms with Gasteiger partial charge in [0, 0.05) is 13.3 Å². The Bertz CT molecular complexity index is 231. The minimum Gasteiger partial charge on any atom is -0.361 e. The second-order valence-electron chi connectivity index (χ2n) is 2.13. The summed E-state index contributed by atoms with van der Waals surface area (Å²) in [5.41, 5.74) is 1.88. The van der Waals surface area contributed by atoms with Crippen molar-refractivity contribution >= 4 is 6.21 Å². The number of hydrogen-bond acceptors (Lipinski definition) is 3. The van der Waals surface area contributed by atoms with Crippen molar-refractivity contribution in [1.82, 2.24) is 5.16 Å². The molecule has 0 unspecified atom stereocenters. The average Bonchev–Trinajstić information content (AvgIpc) is 2.20. The van der Waals surface area contributed by atoms with Crippen LogP contribution in [0, 0.1) is 13.8 Å². The summed E-state index contributed by atoms with van der Waals surface area (Å²) in [6.07, 6.45) is 1.75. The van der Waals surface area contributed by atoms with Crippen LogP contribution in [0.15, 0.2) is 9.52 Å². The van der Waals surface area contributed by atoms with E-state index >= 15 is 0 Å². The molecule has 0 bridgehead atoms. The lowest BCUT2D eigenvalue weighted by molar-refractivity contribution is 0.393. The highest BCUT2D eigenvalue weighted by Gasteiger charge is 2.03. The monoisotopic (exact) mass is 138 g/mol. The van der Waals surface area contributed by atoms with Crippen LogP contribution in [0.2, 0.25) is 0 Å². The van der Waals surface area contributed by atoms with E-state index < -0.39 is 0 Å². The van der Waals surface area contributed by atoms with E-state index in [0.717, 1.165) is 17.0 Å². The minimum atomic E-state index is 0.822. The number of aromatic nitrogens is 1. The molecule has 0 N–H and O–H groups in total. The molecule has 1 heterocycles. The van der Waals surface area contributed by atoms with Crippen molar-refractivity contribution in [3.63, 3.8) is 0 Å². The van der Waals surface area contributed by atoms with Gasteiger partial charge in [0.15, 0.2) is 0 Å². The number of hydrogen-bond donors (Lipinski definition) is 0. The molecule has 1 rings (SSSR count). The highest BCUT2D eigenvalue weighted by atomic mass is 16.5. The number of rotatable bonds is 1. The molecule has 0 fully saturated rings. The third-order valence-corrected chi connectivity index (χ3v) is 1.35. The van der Waals surface area contributed by atoms with E-state index in [4.69, 9.17) is 4.52 Å². The number of nitrogens with zero attached hydrogens (tertiary/aromatic N) is 2. The van der Waals surface area contributed by atoms with Crippen LogP contribution in [0.5, 0.6) is 0 Å². The molecule has 0 spiro atoms. The maximum Gasteiger partial charge on any atom is 0.142 e. The molecule has 0 aliphatic rings. The normalized spacial score (nSPS) is 11.1. The van der Waals surface area contributed by atoms with E-state index in [-0.39, 0.29) is 0 Å². The van der Waals surface area contributed by atoms with Crippen molar-refractivity contribution in [3.05, 3.63) is 17.0 Å². The molecular weight excluding hydrogens is 128 g/mol. The van der Waals surface area contributed by atoms with Gasteiger partial charge in [-0.1, -0.05) is 5.16 Å². The third kappa shape index (κ3) is 1.07. The van der Waals surface area contributed by atoms with Gasteiger partial charge in [0.25, 0.3) is 0 Å². The van der Waals surface area contributed by atoms with Gasteiger partial charge < -0.3 is 4.52 Å². The Morgan fingerprint density at radius 2 is 2.20 bits per heavy atom. The first-order chi connectivity index (χ1) is 4.75. The molecule has 54 valence electrons. The summed E-state index contributed by atoms with van der Waals surface area (Å²) in [6.45, 7) is 3.77. The summed E-state index contributed by atoms with van der Waals surface area (Å²) in [4.78, 5) is 3.87. The Morgan fingerprint density at radius 1 is 1.50 bits per heavy atom. The van der Waals surface area contributed by atoms with Gasteiger partial charge in [-0.05, 0) is 13.8 Å². The molecule has 10 heavy (non-hydrogen) atoms. The van der Waals surface area contributed by atoms with E-state index in [0.29, 0.717) is 0 Å². The number of aliphatic imine (C=N–C) groups is 1. The van der Waals surface area contributed by atoms with Crippen molar-refractivity contribution in [2.24, 2.45) is 4.99 Å². The van der Waals surface area contributed by atoms with Gasteiger partial charge >= 0.3 is 0 Å². The molecule has 3 nitrogen and oxygen atoms in total. The molecule has 0 saturated heterocycles. The molecule has 0 radical (unpaired) electrons. The van der Waals surface area contributed by atoms with Gasteiger partial charge in [0.2, 0.25) is 0 Å². The maximum atomic E-state index is 4.91. The van der Waals surface area contributed by atoms with Crippen LogP contribution in [-0.4, -0.2) is 18.4 Å². The first-order valence-corrected chi connectivity index (χ1v) is 3.10. The quantitative estimate of drug-likeness (QED) is 0.549. The van der Waals surface area contributed by atoms with Crippen LogP contribution in [0.1, 0.15) is 17.0 Å². The summed E-state index contributed by atoms with van der Waals surface area (Å²) in [5.74, 6) is 0.822. The molecule has 3 heteroatoms. The largest absolute Gasteiger partial charge is 0.361 e. The fraction of sp³-hybridized carbons (Fsp3) is 0.429. The zero-order chi connectivity index (χ0) is 7.56. The van der Waals surface area contributed by atoms with Gasteiger partial charge in [-0.25, -0.2) is 0 Å². The summed E-state index contributed by atoms with van der Waals surface area (Å²) in [7, 11) is 1.73. The van der Waals surface area contributed by atoms with E-state index in [9.17, 15) is 0 Å². The summed E-state index contributed by atoms with van der Waals surface area (Å²) < 4.78 is 4.91. The van der Waals surface area contributed by atoms with Crippen molar-refractivity contribution in [3.8, 4) is 0 Å². The predicted octanol–water partition coefficient (Wildman–Crippen LogP) is 1.34. The van der Waals surface area contributed by atoms with E-state index in [1.807, 2.05) is 13.8 Å². The zero-order valence-electron chi connectivity index (χ0n) is 6.38. The van der Waals surface area contributed by atoms with Crippen LogP contribution in [0.4, 0.5) is 0 Å². The Labute approximate surface area is 59.8 Å². The molecule has 1 aromatic rings. The van der Waals surface area contributed by atoms with Gasteiger partial charge in [-0.15, -0.1) is 0 Å². The van der Waals surface area contributed by atoms with E-state index in [2.05, 4.69) is 10.1 Å². The van der Waals surface area contributed by atoms with Gasteiger partial charge in [-0.3, -0.25) is 4.99 Å². The van der Waals surface area contributed by atoms with E-state index in [1.165, 1.54) is 0 Å². The van der Waals surface area contributed by atoms with Gasteiger partial charge in [-0.2, -0.15) is 0 Å². The summed E-state index contributed by atoms with van der Waals surface area (Å²) in [5, 5.41) is 3.77. The summed E-state index contributed by atoms with van der Waals surface area (Å²) >= 11 is 0. The maximum absolute atomic E-state index is 4.91. The molecule has 0 amide bonds. The third-order valence-electron chi connectivity index (χ3n) is 1.35. The zero-order valence-corrected chi connectivity index (χ0v) is 6.38. The fourth-order valence-corrected chi connectivity index (χ4v) is 0.803. The Kier molecular flexibility index (Phi) is 1.85. The van der Waals surface area contributed by atoms with Crippen molar-refractivity contribution in [2.45, 2.75) is 13.8 Å². The number of aryl methyl sites for hydroxylation is 2. The first kappa shape index (κ1) is 6.99. The molecular formula is C7H10N2O. The molecule has 1 aromatic heterocycles. The van der Waals surface area contributed by atoms with Gasteiger partial charge in [0.1, 0.15) is 5.76 Å². The highest BCUT2D eigenvalue weighted by Crippen LogP contribution is 2.08. The topological polar surface area (TPSA) is 38.4 Å². The standard InChI is InChI=1S/C7H10N2O/c1-5-7(4-8-3)6(2)10-9-5/h4H,1-3H3. The van der Waals surface area contributed by atoms with Crippen LogP contribution < -0.4 is 0 Å². The van der Waals surface area contributed by atoms with Crippen LogP contribution >= 0.6 is 0 Å². The highest BCUT2D eigenvalue weighted by molar-refractivity contribution is 5.81. The second kappa shape index (κ2) is 2.64. The lowest BCUT2D eigenvalue weighted by Gasteiger charge is -1.84. The molecule has 0 aliphatic carbocycles. The van der Waals surface area contributed by atoms with Crippen molar-refractivity contribution in [1.29, 1.82) is 0 Å². The Balaban J connectivity index is 3.10. The second-order valence-corrected chi connectivity index (χ2v) is 2.13.